The van der Waals surface area contributed by atoms with Crippen molar-refractivity contribution in [2.75, 3.05) is 6.54 Å². The van der Waals surface area contributed by atoms with Gasteiger partial charge in [0.05, 0.1) is 0 Å². The molecule has 0 saturated heterocycles. The molecule has 0 radical (unpaired) electrons. The molecule has 3 N–H and O–H groups in total. The van der Waals surface area contributed by atoms with Gasteiger partial charge in [0.25, 0.3) is 0 Å². The third-order valence-corrected chi connectivity index (χ3v) is 3.94. The SMILES string of the molecule is C=C(C)C(=O)N[C@@H](Cc1ccccc1)C(=O)NCCc1ccc(O)cc1. The topological polar surface area (TPSA) is 78.4 Å². The minimum atomic E-state index is -0.665. The van der Waals surface area contributed by atoms with E-state index in [2.05, 4.69) is 17.2 Å². The molecule has 1 atom stereocenters. The van der Waals surface area contributed by atoms with Crippen LogP contribution in [0.3, 0.4) is 0 Å². The standard InChI is InChI=1S/C21H24N2O3/c1-15(2)20(25)23-19(14-17-6-4-3-5-7-17)21(26)22-13-12-16-8-10-18(24)11-9-16/h3-11,19,24H,1,12-14H2,2H3,(H,22,26)(H,23,25)/t19-/m0/s1. The summed E-state index contributed by atoms with van der Waals surface area (Å²) in [5.41, 5.74) is 2.34. The molecule has 0 bridgehead atoms. The van der Waals surface area contributed by atoms with Gasteiger partial charge in [-0.05, 0) is 36.6 Å². The lowest BCUT2D eigenvalue weighted by Crippen LogP contribution is -2.48. The molecule has 0 heterocycles. The third-order valence-electron chi connectivity index (χ3n) is 3.94. The summed E-state index contributed by atoms with van der Waals surface area (Å²) in [5, 5.41) is 14.9. The van der Waals surface area contributed by atoms with Gasteiger partial charge in [-0.2, -0.15) is 0 Å². The summed E-state index contributed by atoms with van der Waals surface area (Å²) in [7, 11) is 0. The average molecular weight is 352 g/mol. The number of nitrogens with one attached hydrogen (secondary N) is 2. The maximum atomic E-state index is 12.6. The number of hydrogen-bond donors (Lipinski definition) is 3. The minimum absolute atomic E-state index is 0.211. The van der Waals surface area contributed by atoms with Gasteiger partial charge in [-0.1, -0.05) is 49.0 Å². The van der Waals surface area contributed by atoms with Crippen molar-refractivity contribution in [1.29, 1.82) is 0 Å². The van der Waals surface area contributed by atoms with E-state index in [0.29, 0.717) is 25.0 Å². The summed E-state index contributed by atoms with van der Waals surface area (Å²) in [5.74, 6) is -0.356. The molecular weight excluding hydrogens is 328 g/mol. The monoisotopic (exact) mass is 352 g/mol. The molecular formula is C21H24N2O3. The Morgan fingerprint density at radius 3 is 2.31 bits per heavy atom. The van der Waals surface area contributed by atoms with Crippen molar-refractivity contribution in [3.63, 3.8) is 0 Å². The van der Waals surface area contributed by atoms with Gasteiger partial charge in [0.15, 0.2) is 0 Å². The zero-order valence-electron chi connectivity index (χ0n) is 14.9. The van der Waals surface area contributed by atoms with Crippen LogP contribution in [0, 0.1) is 0 Å². The summed E-state index contributed by atoms with van der Waals surface area (Å²) in [6.45, 7) is 5.67. The van der Waals surface area contributed by atoms with Crippen LogP contribution >= 0.6 is 0 Å². The zero-order valence-corrected chi connectivity index (χ0v) is 14.9. The molecule has 136 valence electrons. The molecule has 0 unspecified atom stereocenters. The summed E-state index contributed by atoms with van der Waals surface area (Å²) < 4.78 is 0. The Balaban J connectivity index is 1.96. The van der Waals surface area contributed by atoms with Crippen molar-refractivity contribution in [1.82, 2.24) is 10.6 Å². The predicted molar refractivity (Wildman–Crippen MR) is 102 cm³/mol. The predicted octanol–water partition coefficient (Wildman–Crippen LogP) is 2.35. The van der Waals surface area contributed by atoms with Gasteiger partial charge < -0.3 is 15.7 Å². The molecule has 2 rings (SSSR count). The fourth-order valence-electron chi connectivity index (χ4n) is 2.46. The number of carbonyl (C=O) groups is 2. The number of aromatic hydroxyl groups is 1. The molecule has 0 fully saturated rings. The number of phenolic OH excluding ortho intramolecular Hbond substituents is 1. The van der Waals surface area contributed by atoms with Crippen LogP contribution in [-0.2, 0) is 22.4 Å². The van der Waals surface area contributed by atoms with E-state index in [4.69, 9.17) is 0 Å². The molecule has 0 aromatic heterocycles. The first-order chi connectivity index (χ1) is 12.5. The highest BCUT2D eigenvalue weighted by Crippen LogP contribution is 2.10. The van der Waals surface area contributed by atoms with Crippen molar-refractivity contribution in [3.8, 4) is 5.75 Å². The molecule has 0 spiro atoms. The van der Waals surface area contributed by atoms with Gasteiger partial charge >= 0.3 is 0 Å². The van der Waals surface area contributed by atoms with Crippen LogP contribution in [0.25, 0.3) is 0 Å². The highest BCUT2D eigenvalue weighted by molar-refractivity contribution is 5.96. The van der Waals surface area contributed by atoms with E-state index in [9.17, 15) is 14.7 Å². The first-order valence-corrected chi connectivity index (χ1v) is 8.51. The summed E-state index contributed by atoms with van der Waals surface area (Å²) >= 11 is 0. The molecule has 0 aliphatic rings. The Morgan fingerprint density at radius 2 is 1.69 bits per heavy atom. The average Bonchev–Trinajstić information content (AvgIpc) is 2.63. The Morgan fingerprint density at radius 1 is 1.04 bits per heavy atom. The van der Waals surface area contributed by atoms with Crippen molar-refractivity contribution in [2.45, 2.75) is 25.8 Å². The maximum absolute atomic E-state index is 12.6. The van der Waals surface area contributed by atoms with Gasteiger partial charge in [0, 0.05) is 18.5 Å². The molecule has 2 aromatic carbocycles. The fraction of sp³-hybridized carbons (Fsp3) is 0.238. The van der Waals surface area contributed by atoms with Crippen LogP contribution in [0.5, 0.6) is 5.75 Å². The van der Waals surface area contributed by atoms with Gasteiger partial charge in [-0.25, -0.2) is 0 Å². The Bertz CT molecular complexity index is 755. The van der Waals surface area contributed by atoms with E-state index in [1.165, 1.54) is 0 Å². The van der Waals surface area contributed by atoms with Crippen molar-refractivity contribution >= 4 is 11.8 Å². The molecule has 5 heteroatoms. The molecule has 0 aliphatic heterocycles. The number of phenols is 1. The highest BCUT2D eigenvalue weighted by atomic mass is 16.3. The molecule has 2 amide bonds. The maximum Gasteiger partial charge on any atom is 0.246 e. The minimum Gasteiger partial charge on any atom is -0.508 e. The molecule has 5 nitrogen and oxygen atoms in total. The number of amides is 2. The number of rotatable bonds is 8. The lowest BCUT2D eigenvalue weighted by molar-refractivity contribution is -0.127. The number of hydrogen-bond acceptors (Lipinski definition) is 3. The third kappa shape index (κ3) is 6.09. The van der Waals surface area contributed by atoms with Crippen molar-refractivity contribution < 1.29 is 14.7 Å². The van der Waals surface area contributed by atoms with E-state index in [-0.39, 0.29) is 17.6 Å². The Hall–Kier alpha value is -3.08. The lowest BCUT2D eigenvalue weighted by atomic mass is 10.0. The molecule has 0 aliphatic carbocycles. The van der Waals surface area contributed by atoms with E-state index >= 15 is 0 Å². The lowest BCUT2D eigenvalue weighted by Gasteiger charge is -2.19. The van der Waals surface area contributed by atoms with Crippen LogP contribution in [0.1, 0.15) is 18.1 Å². The van der Waals surface area contributed by atoms with Crippen LogP contribution < -0.4 is 10.6 Å². The first-order valence-electron chi connectivity index (χ1n) is 8.51. The molecule has 26 heavy (non-hydrogen) atoms. The van der Waals surface area contributed by atoms with Gasteiger partial charge in [0.1, 0.15) is 11.8 Å². The van der Waals surface area contributed by atoms with Gasteiger partial charge in [-0.15, -0.1) is 0 Å². The highest BCUT2D eigenvalue weighted by Gasteiger charge is 2.21. The van der Waals surface area contributed by atoms with Crippen LogP contribution in [-0.4, -0.2) is 29.5 Å². The van der Waals surface area contributed by atoms with Crippen molar-refractivity contribution in [3.05, 3.63) is 77.9 Å². The summed E-state index contributed by atoms with van der Waals surface area (Å²) in [6.07, 6.45) is 1.05. The van der Waals surface area contributed by atoms with Gasteiger partial charge in [-0.3, -0.25) is 9.59 Å². The van der Waals surface area contributed by atoms with Crippen molar-refractivity contribution in [2.24, 2.45) is 0 Å². The number of carbonyl (C=O) groups excluding carboxylic acids is 2. The Labute approximate surface area is 153 Å². The second kappa shape index (κ2) is 9.42. The normalized spacial score (nSPS) is 11.4. The first kappa shape index (κ1) is 19.2. The zero-order chi connectivity index (χ0) is 18.9. The second-order valence-corrected chi connectivity index (χ2v) is 6.20. The number of benzene rings is 2. The van der Waals surface area contributed by atoms with Crippen LogP contribution in [0.15, 0.2) is 66.7 Å². The van der Waals surface area contributed by atoms with E-state index in [1.807, 2.05) is 42.5 Å². The van der Waals surface area contributed by atoms with E-state index in [1.54, 1.807) is 19.1 Å². The van der Waals surface area contributed by atoms with Crippen LogP contribution in [0.2, 0.25) is 0 Å². The second-order valence-electron chi connectivity index (χ2n) is 6.20. The van der Waals surface area contributed by atoms with Gasteiger partial charge in [0.2, 0.25) is 11.8 Å². The molecule has 0 saturated carbocycles. The quantitative estimate of drug-likeness (QED) is 0.638. The van der Waals surface area contributed by atoms with Crippen LogP contribution in [0.4, 0.5) is 0 Å². The Kier molecular flexibility index (Phi) is 6.97. The summed E-state index contributed by atoms with van der Waals surface area (Å²) in [4.78, 5) is 24.5. The summed E-state index contributed by atoms with van der Waals surface area (Å²) in [6, 6.07) is 15.7. The fourth-order valence-corrected chi connectivity index (χ4v) is 2.46. The smallest absolute Gasteiger partial charge is 0.246 e. The van der Waals surface area contributed by atoms with E-state index < -0.39 is 6.04 Å². The largest absolute Gasteiger partial charge is 0.508 e. The van der Waals surface area contributed by atoms with E-state index in [0.717, 1.165) is 11.1 Å². The molecule has 2 aromatic rings.